The van der Waals surface area contributed by atoms with Crippen molar-refractivity contribution in [2.24, 2.45) is 5.84 Å². The van der Waals surface area contributed by atoms with Crippen molar-refractivity contribution in [1.82, 2.24) is 5.43 Å². The lowest BCUT2D eigenvalue weighted by atomic mass is 9.80. The standard InChI is InChI=1S/C16H20N2S/c17-18-16(11-15-5-2-10-19-15)14-8-6-13(7-9-14)12-3-1-4-12/h2,5-10,12,16,18H,1,3-4,11,17H2. The van der Waals surface area contributed by atoms with E-state index in [0.717, 1.165) is 12.3 Å². The van der Waals surface area contributed by atoms with Crippen LogP contribution in [0.15, 0.2) is 41.8 Å². The first kappa shape index (κ1) is 12.9. The van der Waals surface area contributed by atoms with Crippen molar-refractivity contribution in [3.8, 4) is 0 Å². The predicted molar refractivity (Wildman–Crippen MR) is 81.1 cm³/mol. The van der Waals surface area contributed by atoms with Crippen LogP contribution in [0.1, 0.15) is 47.2 Å². The molecule has 2 aromatic rings. The van der Waals surface area contributed by atoms with Gasteiger partial charge in [0, 0.05) is 11.3 Å². The van der Waals surface area contributed by atoms with Crippen molar-refractivity contribution in [1.29, 1.82) is 0 Å². The average molecular weight is 272 g/mol. The molecule has 1 aliphatic carbocycles. The van der Waals surface area contributed by atoms with Crippen molar-refractivity contribution in [3.63, 3.8) is 0 Å². The summed E-state index contributed by atoms with van der Waals surface area (Å²) in [6.07, 6.45) is 5.05. The van der Waals surface area contributed by atoms with Crippen molar-refractivity contribution < 1.29 is 0 Å². The summed E-state index contributed by atoms with van der Waals surface area (Å²) in [4.78, 5) is 1.37. The highest BCUT2D eigenvalue weighted by molar-refractivity contribution is 7.09. The first-order chi connectivity index (χ1) is 9.36. The quantitative estimate of drug-likeness (QED) is 0.642. The topological polar surface area (TPSA) is 38.0 Å². The minimum absolute atomic E-state index is 0.203. The van der Waals surface area contributed by atoms with Crippen LogP contribution in [-0.4, -0.2) is 0 Å². The molecule has 3 heteroatoms. The van der Waals surface area contributed by atoms with E-state index < -0.39 is 0 Å². The van der Waals surface area contributed by atoms with Gasteiger partial charge in [-0.1, -0.05) is 36.8 Å². The highest BCUT2D eigenvalue weighted by Crippen LogP contribution is 2.36. The molecule has 3 rings (SSSR count). The number of thiophene rings is 1. The third kappa shape index (κ3) is 2.89. The molecule has 1 heterocycles. The van der Waals surface area contributed by atoms with Gasteiger partial charge in [-0.15, -0.1) is 11.3 Å². The van der Waals surface area contributed by atoms with Gasteiger partial charge >= 0.3 is 0 Å². The van der Waals surface area contributed by atoms with E-state index in [4.69, 9.17) is 5.84 Å². The van der Waals surface area contributed by atoms with E-state index in [9.17, 15) is 0 Å². The molecule has 0 radical (unpaired) electrons. The van der Waals surface area contributed by atoms with Gasteiger partial charge in [0.2, 0.25) is 0 Å². The van der Waals surface area contributed by atoms with Crippen LogP contribution in [0.25, 0.3) is 0 Å². The summed E-state index contributed by atoms with van der Waals surface area (Å²) in [7, 11) is 0. The summed E-state index contributed by atoms with van der Waals surface area (Å²) in [5.41, 5.74) is 5.70. The van der Waals surface area contributed by atoms with E-state index in [1.807, 2.05) is 0 Å². The molecule has 1 aromatic carbocycles. The molecule has 0 saturated heterocycles. The minimum Gasteiger partial charge on any atom is -0.271 e. The summed E-state index contributed by atoms with van der Waals surface area (Å²) in [5, 5.41) is 2.11. The van der Waals surface area contributed by atoms with Crippen molar-refractivity contribution >= 4 is 11.3 Å². The number of nitrogens with one attached hydrogen (secondary N) is 1. The van der Waals surface area contributed by atoms with E-state index >= 15 is 0 Å². The fraction of sp³-hybridized carbons (Fsp3) is 0.375. The average Bonchev–Trinajstić information content (AvgIpc) is 2.88. The fourth-order valence-electron chi connectivity index (χ4n) is 2.64. The summed E-state index contributed by atoms with van der Waals surface area (Å²) in [6, 6.07) is 13.5. The van der Waals surface area contributed by atoms with Gasteiger partial charge in [-0.05, 0) is 41.3 Å². The van der Waals surface area contributed by atoms with E-state index in [0.29, 0.717) is 0 Å². The second-order valence-electron chi connectivity index (χ2n) is 5.30. The summed E-state index contributed by atoms with van der Waals surface area (Å²) in [6.45, 7) is 0. The third-order valence-electron chi connectivity index (χ3n) is 4.10. The zero-order valence-electron chi connectivity index (χ0n) is 11.0. The van der Waals surface area contributed by atoms with Crippen molar-refractivity contribution in [2.75, 3.05) is 0 Å². The number of benzene rings is 1. The lowest BCUT2D eigenvalue weighted by molar-refractivity contribution is 0.419. The molecule has 1 atom stereocenters. The van der Waals surface area contributed by atoms with Gasteiger partial charge in [-0.25, -0.2) is 0 Å². The molecule has 0 amide bonds. The number of hydrogen-bond acceptors (Lipinski definition) is 3. The van der Waals surface area contributed by atoms with E-state index in [-0.39, 0.29) is 6.04 Å². The molecule has 3 N–H and O–H groups in total. The van der Waals surface area contributed by atoms with Crippen LogP contribution in [0.3, 0.4) is 0 Å². The second-order valence-corrected chi connectivity index (χ2v) is 6.33. The highest BCUT2D eigenvalue weighted by Gasteiger charge is 2.19. The van der Waals surface area contributed by atoms with Gasteiger partial charge in [0.25, 0.3) is 0 Å². The van der Waals surface area contributed by atoms with Crippen LogP contribution in [0.2, 0.25) is 0 Å². The first-order valence-corrected chi connectivity index (χ1v) is 7.83. The second kappa shape index (κ2) is 5.87. The molecule has 1 aromatic heterocycles. The number of hydrogen-bond donors (Lipinski definition) is 2. The van der Waals surface area contributed by atoms with Crippen molar-refractivity contribution in [2.45, 2.75) is 37.6 Å². The Kier molecular flexibility index (Phi) is 3.97. The smallest absolute Gasteiger partial charge is 0.0508 e. The van der Waals surface area contributed by atoms with Crippen LogP contribution in [0, 0.1) is 0 Å². The van der Waals surface area contributed by atoms with Gasteiger partial charge in [-0.2, -0.15) is 0 Å². The van der Waals surface area contributed by atoms with Crippen LogP contribution in [0.5, 0.6) is 0 Å². The predicted octanol–water partition coefficient (Wildman–Crippen LogP) is 3.76. The zero-order valence-corrected chi connectivity index (χ0v) is 11.8. The fourth-order valence-corrected chi connectivity index (χ4v) is 3.40. The van der Waals surface area contributed by atoms with E-state index in [1.54, 1.807) is 11.3 Å². The third-order valence-corrected chi connectivity index (χ3v) is 5.00. The zero-order chi connectivity index (χ0) is 13.1. The Morgan fingerprint density at radius 3 is 2.53 bits per heavy atom. The van der Waals surface area contributed by atoms with E-state index in [2.05, 4.69) is 47.2 Å². The SMILES string of the molecule is NNC(Cc1cccs1)c1ccc(C2CCC2)cc1. The maximum atomic E-state index is 5.71. The molecule has 0 spiro atoms. The Morgan fingerprint density at radius 2 is 2.00 bits per heavy atom. The Balaban J connectivity index is 1.71. The molecular weight excluding hydrogens is 252 g/mol. The maximum Gasteiger partial charge on any atom is 0.0508 e. The molecule has 100 valence electrons. The maximum absolute atomic E-state index is 5.71. The van der Waals surface area contributed by atoms with Crippen LogP contribution in [-0.2, 0) is 6.42 Å². The number of rotatable bonds is 5. The Bertz CT molecular complexity index is 500. The molecule has 0 aliphatic heterocycles. The van der Waals surface area contributed by atoms with Gasteiger partial charge in [0.1, 0.15) is 0 Å². The number of nitrogens with two attached hydrogens (primary N) is 1. The monoisotopic (exact) mass is 272 g/mol. The Labute approximate surface area is 118 Å². The first-order valence-electron chi connectivity index (χ1n) is 6.95. The molecular formula is C16H20N2S. The Morgan fingerprint density at radius 1 is 1.21 bits per heavy atom. The lowest BCUT2D eigenvalue weighted by Crippen LogP contribution is -2.29. The molecule has 1 aliphatic rings. The van der Waals surface area contributed by atoms with Crippen LogP contribution < -0.4 is 11.3 Å². The largest absolute Gasteiger partial charge is 0.271 e. The highest BCUT2D eigenvalue weighted by atomic mass is 32.1. The van der Waals surface area contributed by atoms with Crippen LogP contribution in [0.4, 0.5) is 0 Å². The normalized spacial score (nSPS) is 17.1. The summed E-state index contributed by atoms with van der Waals surface area (Å²) < 4.78 is 0. The molecule has 19 heavy (non-hydrogen) atoms. The lowest BCUT2D eigenvalue weighted by Gasteiger charge is -2.26. The summed E-state index contributed by atoms with van der Waals surface area (Å²) in [5.74, 6) is 6.51. The Hall–Kier alpha value is -1.16. The van der Waals surface area contributed by atoms with Gasteiger partial charge in [0.15, 0.2) is 0 Å². The minimum atomic E-state index is 0.203. The van der Waals surface area contributed by atoms with Gasteiger partial charge < -0.3 is 0 Å². The van der Waals surface area contributed by atoms with Gasteiger partial charge in [0.05, 0.1) is 6.04 Å². The van der Waals surface area contributed by atoms with Gasteiger partial charge in [-0.3, -0.25) is 11.3 Å². The molecule has 2 nitrogen and oxygen atoms in total. The molecule has 1 fully saturated rings. The molecule has 1 saturated carbocycles. The van der Waals surface area contributed by atoms with E-state index in [1.165, 1.54) is 35.3 Å². The molecule has 0 bridgehead atoms. The van der Waals surface area contributed by atoms with Crippen LogP contribution >= 0.6 is 11.3 Å². The number of hydrazine groups is 1. The summed E-state index contributed by atoms with van der Waals surface area (Å²) >= 11 is 1.79. The van der Waals surface area contributed by atoms with Crippen molar-refractivity contribution in [3.05, 3.63) is 57.8 Å². The molecule has 1 unspecified atom stereocenters.